The molecule has 0 fully saturated rings. The minimum absolute atomic E-state index is 0.151. The van der Waals surface area contributed by atoms with Crippen molar-refractivity contribution in [3.05, 3.63) is 33.9 Å². The van der Waals surface area contributed by atoms with Gasteiger partial charge in [0.2, 0.25) is 0 Å². The number of nitrogens with zero attached hydrogens (tertiary/aromatic N) is 2. The van der Waals surface area contributed by atoms with Gasteiger partial charge < -0.3 is 10.2 Å². The van der Waals surface area contributed by atoms with Crippen molar-refractivity contribution in [2.45, 2.75) is 13.5 Å². The topological polar surface area (TPSA) is 58.4 Å². The van der Waals surface area contributed by atoms with E-state index in [0.717, 1.165) is 17.9 Å². The van der Waals surface area contributed by atoms with E-state index in [1.165, 1.54) is 0 Å². The summed E-state index contributed by atoms with van der Waals surface area (Å²) >= 11 is 1.80. The first kappa shape index (κ1) is 15.8. The fourth-order valence-corrected chi connectivity index (χ4v) is 2.36. The number of hydrogen-bond donors (Lipinski definition) is 1. The highest BCUT2D eigenvalue weighted by Crippen LogP contribution is 2.28. The number of hydrogen-bond acceptors (Lipinski definition) is 5. The van der Waals surface area contributed by atoms with E-state index in [1.54, 1.807) is 23.9 Å². The zero-order chi connectivity index (χ0) is 14.3. The molecule has 0 aliphatic rings. The molecule has 0 radical (unpaired) electrons. The van der Waals surface area contributed by atoms with Crippen molar-refractivity contribution in [1.29, 1.82) is 0 Å². The maximum absolute atomic E-state index is 11.1. The minimum atomic E-state index is -0.330. The lowest BCUT2D eigenvalue weighted by molar-refractivity contribution is -0.384. The third-order valence-corrected chi connectivity index (χ3v) is 3.39. The van der Waals surface area contributed by atoms with E-state index in [0.29, 0.717) is 18.8 Å². The molecule has 0 spiro atoms. The Labute approximate surface area is 118 Å². The van der Waals surface area contributed by atoms with Gasteiger partial charge in [0.05, 0.1) is 4.92 Å². The van der Waals surface area contributed by atoms with E-state index in [2.05, 4.69) is 16.5 Å². The molecule has 1 N–H and O–H groups in total. The lowest BCUT2D eigenvalue weighted by atomic mass is 10.1. The Morgan fingerprint density at radius 2 is 2.21 bits per heavy atom. The zero-order valence-corrected chi connectivity index (χ0v) is 12.5. The number of nitro groups is 1. The van der Waals surface area contributed by atoms with Gasteiger partial charge in [-0.1, -0.05) is 12.1 Å². The first-order valence-corrected chi connectivity index (χ1v) is 7.67. The fourth-order valence-electron chi connectivity index (χ4n) is 1.87. The third-order valence-electron chi connectivity index (χ3n) is 2.80. The Bertz CT molecular complexity index is 426. The standard InChI is InChI=1S/C13H21N3O2S/c1-4-14-13-11(10-15(2)8-9-19-3)6-5-7-12(13)16(17)18/h5-7,14H,4,8-10H2,1-3H3. The Balaban J connectivity index is 2.92. The Morgan fingerprint density at radius 1 is 1.47 bits per heavy atom. The first-order chi connectivity index (χ1) is 9.10. The monoisotopic (exact) mass is 283 g/mol. The van der Waals surface area contributed by atoms with Crippen LogP contribution in [0.15, 0.2) is 18.2 Å². The number of nitrogens with one attached hydrogen (secondary N) is 1. The molecule has 0 saturated heterocycles. The van der Waals surface area contributed by atoms with Crippen LogP contribution in [0.5, 0.6) is 0 Å². The molecule has 0 atom stereocenters. The summed E-state index contributed by atoms with van der Waals surface area (Å²) in [4.78, 5) is 12.9. The molecule has 0 saturated carbocycles. The Kier molecular flexibility index (Phi) is 6.66. The summed E-state index contributed by atoms with van der Waals surface area (Å²) < 4.78 is 0. The number of para-hydroxylation sites is 1. The van der Waals surface area contributed by atoms with Crippen molar-refractivity contribution in [1.82, 2.24) is 4.90 Å². The van der Waals surface area contributed by atoms with Gasteiger partial charge in [0.1, 0.15) is 5.69 Å². The maximum Gasteiger partial charge on any atom is 0.292 e. The van der Waals surface area contributed by atoms with Crippen LogP contribution in [0.1, 0.15) is 12.5 Å². The molecule has 1 rings (SSSR count). The van der Waals surface area contributed by atoms with Gasteiger partial charge in [-0.05, 0) is 25.8 Å². The van der Waals surface area contributed by atoms with Crippen molar-refractivity contribution >= 4 is 23.1 Å². The lowest BCUT2D eigenvalue weighted by Crippen LogP contribution is -2.21. The molecule has 1 aromatic rings. The van der Waals surface area contributed by atoms with Crippen LogP contribution in [0.25, 0.3) is 0 Å². The van der Waals surface area contributed by atoms with E-state index in [1.807, 2.05) is 20.0 Å². The Morgan fingerprint density at radius 3 is 2.79 bits per heavy atom. The van der Waals surface area contributed by atoms with E-state index in [9.17, 15) is 10.1 Å². The molecule has 6 heteroatoms. The molecule has 0 aromatic heterocycles. The van der Waals surface area contributed by atoms with Crippen molar-refractivity contribution in [3.8, 4) is 0 Å². The summed E-state index contributed by atoms with van der Waals surface area (Å²) in [6, 6.07) is 5.24. The maximum atomic E-state index is 11.1. The molecule has 106 valence electrons. The summed E-state index contributed by atoms with van der Waals surface area (Å²) in [5, 5.41) is 14.2. The summed E-state index contributed by atoms with van der Waals surface area (Å²) in [5.74, 6) is 1.06. The van der Waals surface area contributed by atoms with Gasteiger partial charge in [-0.25, -0.2) is 0 Å². The highest BCUT2D eigenvalue weighted by atomic mass is 32.2. The van der Waals surface area contributed by atoms with Crippen LogP contribution < -0.4 is 5.32 Å². The van der Waals surface area contributed by atoms with Crippen LogP contribution in [-0.4, -0.2) is 42.0 Å². The molecular formula is C13H21N3O2S. The zero-order valence-electron chi connectivity index (χ0n) is 11.7. The molecule has 0 unspecified atom stereocenters. The van der Waals surface area contributed by atoms with Crippen LogP contribution in [0.4, 0.5) is 11.4 Å². The molecule has 0 aliphatic carbocycles. The molecule has 19 heavy (non-hydrogen) atoms. The first-order valence-electron chi connectivity index (χ1n) is 6.27. The summed E-state index contributed by atoms with van der Waals surface area (Å²) in [5.41, 5.74) is 1.77. The molecule has 0 bridgehead atoms. The quantitative estimate of drug-likeness (QED) is 0.587. The summed E-state index contributed by atoms with van der Waals surface area (Å²) in [6.45, 7) is 4.30. The number of rotatable bonds is 8. The van der Waals surface area contributed by atoms with Crippen LogP contribution >= 0.6 is 11.8 Å². The molecule has 1 aromatic carbocycles. The van der Waals surface area contributed by atoms with Gasteiger partial charge in [0.15, 0.2) is 0 Å². The van der Waals surface area contributed by atoms with Crippen molar-refractivity contribution < 1.29 is 4.92 Å². The predicted octanol–water partition coefficient (Wildman–Crippen LogP) is 2.82. The largest absolute Gasteiger partial charge is 0.380 e. The van der Waals surface area contributed by atoms with Gasteiger partial charge in [-0.3, -0.25) is 10.1 Å². The molecule has 0 amide bonds. The normalized spacial score (nSPS) is 10.7. The second-order valence-corrected chi connectivity index (χ2v) is 5.31. The van der Waals surface area contributed by atoms with E-state index < -0.39 is 0 Å². The van der Waals surface area contributed by atoms with E-state index in [-0.39, 0.29) is 10.6 Å². The van der Waals surface area contributed by atoms with Crippen molar-refractivity contribution in [2.75, 3.05) is 37.5 Å². The van der Waals surface area contributed by atoms with Crippen LogP contribution in [0, 0.1) is 10.1 Å². The van der Waals surface area contributed by atoms with Gasteiger partial charge in [0, 0.05) is 31.5 Å². The minimum Gasteiger partial charge on any atom is -0.380 e. The summed E-state index contributed by atoms with van der Waals surface area (Å²) in [6.07, 6.45) is 2.07. The fraction of sp³-hybridized carbons (Fsp3) is 0.538. The number of benzene rings is 1. The average molecular weight is 283 g/mol. The van der Waals surface area contributed by atoms with Crippen LogP contribution in [0.3, 0.4) is 0 Å². The molecular weight excluding hydrogens is 262 g/mol. The second kappa shape index (κ2) is 8.01. The van der Waals surface area contributed by atoms with Gasteiger partial charge >= 0.3 is 0 Å². The van der Waals surface area contributed by atoms with Crippen molar-refractivity contribution in [3.63, 3.8) is 0 Å². The molecule has 5 nitrogen and oxygen atoms in total. The van der Waals surface area contributed by atoms with Crippen LogP contribution in [0.2, 0.25) is 0 Å². The predicted molar refractivity (Wildman–Crippen MR) is 82.0 cm³/mol. The molecule has 0 aliphatic heterocycles. The molecule has 0 heterocycles. The number of thioether (sulfide) groups is 1. The lowest BCUT2D eigenvalue weighted by Gasteiger charge is -2.18. The number of nitro benzene ring substituents is 1. The van der Waals surface area contributed by atoms with Gasteiger partial charge in [-0.15, -0.1) is 0 Å². The van der Waals surface area contributed by atoms with E-state index in [4.69, 9.17) is 0 Å². The summed E-state index contributed by atoms with van der Waals surface area (Å²) in [7, 11) is 2.03. The average Bonchev–Trinajstić information content (AvgIpc) is 2.38. The second-order valence-electron chi connectivity index (χ2n) is 4.33. The third kappa shape index (κ3) is 4.72. The van der Waals surface area contributed by atoms with E-state index >= 15 is 0 Å². The SMILES string of the molecule is CCNc1c(CN(C)CCSC)cccc1[N+](=O)[O-]. The van der Waals surface area contributed by atoms with Crippen molar-refractivity contribution in [2.24, 2.45) is 0 Å². The Hall–Kier alpha value is -1.27. The smallest absolute Gasteiger partial charge is 0.292 e. The van der Waals surface area contributed by atoms with Crippen LogP contribution in [-0.2, 0) is 6.54 Å². The van der Waals surface area contributed by atoms with Gasteiger partial charge in [0.25, 0.3) is 5.69 Å². The highest BCUT2D eigenvalue weighted by Gasteiger charge is 2.17. The highest BCUT2D eigenvalue weighted by molar-refractivity contribution is 7.98. The number of anilines is 1. The van der Waals surface area contributed by atoms with Gasteiger partial charge in [-0.2, -0.15) is 11.8 Å².